The Bertz CT molecular complexity index is 767. The first-order valence-electron chi connectivity index (χ1n) is 8.87. The Morgan fingerprint density at radius 2 is 1.73 bits per heavy atom. The second-order valence-electron chi connectivity index (χ2n) is 7.68. The number of amidine groups is 1. The predicted molar refractivity (Wildman–Crippen MR) is 107 cm³/mol. The summed E-state index contributed by atoms with van der Waals surface area (Å²) < 4.78 is 0. The number of hydrogen-bond acceptors (Lipinski definition) is 4. The molecule has 0 bridgehead atoms. The van der Waals surface area contributed by atoms with Gasteiger partial charge < -0.3 is 9.80 Å². The zero-order chi connectivity index (χ0) is 18.9. The fourth-order valence-electron chi connectivity index (χ4n) is 2.98. The van der Waals surface area contributed by atoms with Gasteiger partial charge in [0.1, 0.15) is 0 Å². The Labute approximate surface area is 159 Å². The molecule has 0 saturated carbocycles. The van der Waals surface area contributed by atoms with Crippen LogP contribution in [-0.2, 0) is 15.0 Å². The SMILES string of the molecule is CC(=O)N1CCN(C2=NC(=O)/C(=C\c3ccc(C(C)(C)C)cc3)S2)CC1. The summed E-state index contributed by atoms with van der Waals surface area (Å²) in [6.07, 6.45) is 1.90. The van der Waals surface area contributed by atoms with E-state index >= 15 is 0 Å². The number of thioether (sulfide) groups is 1. The van der Waals surface area contributed by atoms with Crippen LogP contribution in [-0.4, -0.2) is 53.0 Å². The standard InChI is InChI=1S/C20H25N3O2S/c1-14(24)22-9-11-23(12-10-22)19-21-18(25)17(26-19)13-15-5-7-16(8-6-15)20(2,3)4/h5-8,13H,9-12H2,1-4H3/b17-13+. The molecule has 2 heterocycles. The van der Waals surface area contributed by atoms with Crippen LogP contribution in [0.25, 0.3) is 6.08 Å². The van der Waals surface area contributed by atoms with Crippen LogP contribution in [0.2, 0.25) is 0 Å². The van der Waals surface area contributed by atoms with E-state index in [4.69, 9.17) is 0 Å². The van der Waals surface area contributed by atoms with E-state index < -0.39 is 0 Å². The van der Waals surface area contributed by atoms with Gasteiger partial charge in [-0.2, -0.15) is 4.99 Å². The lowest BCUT2D eigenvalue weighted by Crippen LogP contribution is -2.49. The van der Waals surface area contributed by atoms with Crippen LogP contribution in [0.15, 0.2) is 34.2 Å². The minimum atomic E-state index is -0.182. The highest BCUT2D eigenvalue weighted by molar-refractivity contribution is 8.18. The van der Waals surface area contributed by atoms with Gasteiger partial charge >= 0.3 is 0 Å². The maximum Gasteiger partial charge on any atom is 0.286 e. The van der Waals surface area contributed by atoms with Crippen molar-refractivity contribution in [3.05, 3.63) is 40.3 Å². The lowest BCUT2D eigenvalue weighted by atomic mass is 9.87. The van der Waals surface area contributed by atoms with E-state index in [0.717, 1.165) is 10.7 Å². The van der Waals surface area contributed by atoms with Crippen molar-refractivity contribution >= 4 is 34.8 Å². The first kappa shape index (κ1) is 18.7. The molecule has 0 atom stereocenters. The summed E-state index contributed by atoms with van der Waals surface area (Å²) in [6, 6.07) is 8.31. The summed E-state index contributed by atoms with van der Waals surface area (Å²) in [4.78, 5) is 32.5. The van der Waals surface area contributed by atoms with E-state index in [0.29, 0.717) is 31.1 Å². The van der Waals surface area contributed by atoms with Crippen molar-refractivity contribution in [3.63, 3.8) is 0 Å². The Morgan fingerprint density at radius 3 is 2.27 bits per heavy atom. The van der Waals surface area contributed by atoms with Crippen LogP contribution in [0.3, 0.4) is 0 Å². The molecule has 2 amide bonds. The summed E-state index contributed by atoms with van der Waals surface area (Å²) in [6.45, 7) is 10.9. The molecule has 5 nitrogen and oxygen atoms in total. The third-order valence-corrected chi connectivity index (χ3v) is 5.72. The van der Waals surface area contributed by atoms with Crippen molar-refractivity contribution in [3.8, 4) is 0 Å². The number of aliphatic imine (C=N–C) groups is 1. The molecule has 2 aliphatic heterocycles. The van der Waals surface area contributed by atoms with E-state index in [1.165, 1.54) is 17.3 Å². The lowest BCUT2D eigenvalue weighted by Gasteiger charge is -2.34. The monoisotopic (exact) mass is 371 g/mol. The quantitative estimate of drug-likeness (QED) is 0.712. The largest absolute Gasteiger partial charge is 0.347 e. The van der Waals surface area contributed by atoms with Crippen LogP contribution in [0, 0.1) is 0 Å². The third-order valence-electron chi connectivity index (χ3n) is 4.68. The number of rotatable bonds is 1. The number of piperazine rings is 1. The van der Waals surface area contributed by atoms with Gasteiger partial charge in [-0.15, -0.1) is 0 Å². The highest BCUT2D eigenvalue weighted by atomic mass is 32.2. The van der Waals surface area contributed by atoms with Crippen LogP contribution < -0.4 is 0 Å². The molecule has 6 heteroatoms. The van der Waals surface area contributed by atoms with Crippen molar-refractivity contribution in [2.24, 2.45) is 4.99 Å². The van der Waals surface area contributed by atoms with E-state index in [-0.39, 0.29) is 17.2 Å². The fraction of sp³-hybridized carbons (Fsp3) is 0.450. The molecule has 0 unspecified atom stereocenters. The van der Waals surface area contributed by atoms with Gasteiger partial charge in [-0.3, -0.25) is 9.59 Å². The molecule has 2 aliphatic rings. The van der Waals surface area contributed by atoms with Crippen LogP contribution in [0.4, 0.5) is 0 Å². The maximum atomic E-state index is 12.3. The van der Waals surface area contributed by atoms with Crippen molar-refractivity contribution in [1.29, 1.82) is 0 Å². The Kier molecular flexibility index (Phi) is 5.23. The molecule has 0 aromatic heterocycles. The van der Waals surface area contributed by atoms with Gasteiger partial charge in [0.15, 0.2) is 5.17 Å². The molecule has 0 spiro atoms. The summed E-state index contributed by atoms with van der Waals surface area (Å²) in [5.74, 6) is -0.0834. The van der Waals surface area contributed by atoms with Gasteiger partial charge in [-0.25, -0.2) is 0 Å². The highest BCUT2D eigenvalue weighted by Crippen LogP contribution is 2.31. The molecule has 1 aromatic rings. The Morgan fingerprint density at radius 1 is 1.12 bits per heavy atom. The second kappa shape index (κ2) is 7.27. The number of hydrogen-bond donors (Lipinski definition) is 0. The topological polar surface area (TPSA) is 53.0 Å². The van der Waals surface area contributed by atoms with Crippen LogP contribution in [0.5, 0.6) is 0 Å². The molecule has 26 heavy (non-hydrogen) atoms. The number of amides is 2. The van der Waals surface area contributed by atoms with Gasteiger partial charge in [0.05, 0.1) is 4.91 Å². The molecule has 0 N–H and O–H groups in total. The van der Waals surface area contributed by atoms with E-state index in [2.05, 4.69) is 42.8 Å². The minimum Gasteiger partial charge on any atom is -0.347 e. The van der Waals surface area contributed by atoms with Crippen LogP contribution in [0.1, 0.15) is 38.8 Å². The average molecular weight is 372 g/mol. The van der Waals surface area contributed by atoms with Gasteiger partial charge in [0, 0.05) is 33.1 Å². The van der Waals surface area contributed by atoms with Gasteiger partial charge in [0.25, 0.3) is 5.91 Å². The molecular weight excluding hydrogens is 346 g/mol. The van der Waals surface area contributed by atoms with Gasteiger partial charge in [-0.1, -0.05) is 45.0 Å². The number of nitrogens with zero attached hydrogens (tertiary/aromatic N) is 3. The summed E-state index contributed by atoms with van der Waals surface area (Å²) in [7, 11) is 0. The average Bonchev–Trinajstić information content (AvgIpc) is 2.95. The summed E-state index contributed by atoms with van der Waals surface area (Å²) in [5.41, 5.74) is 2.39. The molecular formula is C20H25N3O2S. The normalized spacial score (nSPS) is 19.9. The molecule has 0 radical (unpaired) electrons. The van der Waals surface area contributed by atoms with E-state index in [1.807, 2.05) is 23.1 Å². The molecule has 1 fully saturated rings. The molecule has 1 saturated heterocycles. The van der Waals surface area contributed by atoms with Gasteiger partial charge in [-0.05, 0) is 34.4 Å². The first-order chi connectivity index (χ1) is 12.2. The van der Waals surface area contributed by atoms with Crippen LogP contribution >= 0.6 is 11.8 Å². The van der Waals surface area contributed by atoms with Crippen molar-refractivity contribution in [2.45, 2.75) is 33.1 Å². The summed E-state index contributed by atoms with van der Waals surface area (Å²) in [5, 5.41) is 0.746. The fourth-order valence-corrected chi connectivity index (χ4v) is 3.94. The smallest absolute Gasteiger partial charge is 0.286 e. The molecule has 3 rings (SSSR count). The first-order valence-corrected chi connectivity index (χ1v) is 9.69. The van der Waals surface area contributed by atoms with Crippen molar-refractivity contribution in [2.75, 3.05) is 26.2 Å². The maximum absolute atomic E-state index is 12.3. The third kappa shape index (κ3) is 4.18. The Hall–Kier alpha value is -2.08. The minimum absolute atomic E-state index is 0.0982. The zero-order valence-electron chi connectivity index (χ0n) is 15.8. The van der Waals surface area contributed by atoms with E-state index in [1.54, 1.807) is 6.92 Å². The van der Waals surface area contributed by atoms with Gasteiger partial charge in [0.2, 0.25) is 5.91 Å². The number of carbonyl (C=O) groups excluding carboxylic acids is 2. The number of carbonyl (C=O) groups is 2. The molecule has 0 aliphatic carbocycles. The van der Waals surface area contributed by atoms with E-state index in [9.17, 15) is 9.59 Å². The second-order valence-corrected chi connectivity index (χ2v) is 8.68. The summed E-state index contributed by atoms with van der Waals surface area (Å²) >= 11 is 1.42. The number of benzene rings is 1. The van der Waals surface area contributed by atoms with Crippen molar-refractivity contribution in [1.82, 2.24) is 9.80 Å². The molecule has 1 aromatic carbocycles. The zero-order valence-corrected chi connectivity index (χ0v) is 16.6. The highest BCUT2D eigenvalue weighted by Gasteiger charge is 2.28. The predicted octanol–water partition coefficient (Wildman–Crippen LogP) is 3.12. The molecule has 138 valence electrons. The van der Waals surface area contributed by atoms with Crippen molar-refractivity contribution < 1.29 is 9.59 Å². The Balaban J connectivity index is 1.66. The lowest BCUT2D eigenvalue weighted by molar-refractivity contribution is -0.130.